The van der Waals surface area contributed by atoms with Crippen molar-refractivity contribution in [2.75, 3.05) is 11.1 Å². The molecule has 0 saturated carbocycles. The summed E-state index contributed by atoms with van der Waals surface area (Å²) in [5, 5.41) is 2.96. The molecule has 3 aromatic rings. The lowest BCUT2D eigenvalue weighted by molar-refractivity contribution is -0.113. The van der Waals surface area contributed by atoms with Crippen LogP contribution in [-0.2, 0) is 14.6 Å². The summed E-state index contributed by atoms with van der Waals surface area (Å²) in [7, 11) is -3.98. The average Bonchev–Trinajstić information content (AvgIpc) is 2.65. The van der Waals surface area contributed by atoms with E-state index < -0.39 is 20.3 Å². The summed E-state index contributed by atoms with van der Waals surface area (Å²) >= 11 is 1.01. The van der Waals surface area contributed by atoms with E-state index in [4.69, 9.17) is 0 Å². The second-order valence-corrected chi connectivity index (χ2v) is 9.79. The van der Waals surface area contributed by atoms with Crippen molar-refractivity contribution in [2.45, 2.75) is 35.7 Å². The standard InChI is InChI=1S/C21H21N3O4S2/c1-13-4-6-17(7-5-13)30(27,28)18-11-22-21(24-20(18)26)29-12-19(25)23-16-9-14(2)8-15(3)10-16/h4-11H,12H2,1-3H3,(H,23,25)(H,22,24,26). The van der Waals surface area contributed by atoms with Gasteiger partial charge < -0.3 is 10.3 Å². The fraction of sp³-hybridized carbons (Fsp3) is 0.190. The largest absolute Gasteiger partial charge is 0.325 e. The van der Waals surface area contributed by atoms with E-state index in [0.29, 0.717) is 5.69 Å². The first-order valence-corrected chi connectivity index (χ1v) is 11.5. The number of thioether (sulfide) groups is 1. The van der Waals surface area contributed by atoms with E-state index >= 15 is 0 Å². The highest BCUT2D eigenvalue weighted by Crippen LogP contribution is 2.20. The highest BCUT2D eigenvalue weighted by atomic mass is 32.2. The number of benzene rings is 2. The van der Waals surface area contributed by atoms with Crippen LogP contribution in [0.3, 0.4) is 0 Å². The molecule has 0 fully saturated rings. The minimum absolute atomic E-state index is 0.0139. The van der Waals surface area contributed by atoms with Gasteiger partial charge in [0.1, 0.15) is 0 Å². The number of anilines is 1. The van der Waals surface area contributed by atoms with Crippen LogP contribution in [0, 0.1) is 20.8 Å². The van der Waals surface area contributed by atoms with Gasteiger partial charge in [0.2, 0.25) is 15.7 Å². The SMILES string of the molecule is Cc1ccc(S(=O)(=O)c2cnc(SCC(=O)Nc3cc(C)cc(C)c3)[nH]c2=O)cc1. The van der Waals surface area contributed by atoms with E-state index in [1.165, 1.54) is 12.1 Å². The molecule has 156 valence electrons. The zero-order valence-corrected chi connectivity index (χ0v) is 18.4. The van der Waals surface area contributed by atoms with E-state index in [1.807, 2.05) is 39.0 Å². The number of rotatable bonds is 6. The molecule has 3 rings (SSSR count). The molecular formula is C21H21N3O4S2. The third-order valence-corrected chi connectivity index (χ3v) is 6.86. The molecule has 30 heavy (non-hydrogen) atoms. The molecule has 0 unspecified atom stereocenters. The van der Waals surface area contributed by atoms with Gasteiger partial charge in [-0.2, -0.15) is 0 Å². The number of sulfone groups is 1. The van der Waals surface area contributed by atoms with Crippen LogP contribution >= 0.6 is 11.8 Å². The topological polar surface area (TPSA) is 109 Å². The normalized spacial score (nSPS) is 11.3. The molecule has 1 aromatic heterocycles. The van der Waals surface area contributed by atoms with Crippen LogP contribution in [0.15, 0.2) is 68.4 Å². The molecule has 2 N–H and O–H groups in total. The van der Waals surface area contributed by atoms with E-state index in [2.05, 4.69) is 15.3 Å². The second kappa shape index (κ2) is 8.85. The van der Waals surface area contributed by atoms with Gasteiger partial charge in [-0.1, -0.05) is 35.5 Å². The lowest BCUT2D eigenvalue weighted by atomic mass is 10.1. The van der Waals surface area contributed by atoms with Gasteiger partial charge in [-0.3, -0.25) is 9.59 Å². The van der Waals surface area contributed by atoms with Crippen LogP contribution in [0.2, 0.25) is 0 Å². The van der Waals surface area contributed by atoms with Crippen molar-refractivity contribution < 1.29 is 13.2 Å². The van der Waals surface area contributed by atoms with E-state index in [9.17, 15) is 18.0 Å². The summed E-state index contributed by atoms with van der Waals surface area (Å²) in [6, 6.07) is 11.9. The Morgan fingerprint density at radius 3 is 2.27 bits per heavy atom. The zero-order valence-electron chi connectivity index (χ0n) is 16.7. The monoisotopic (exact) mass is 443 g/mol. The summed E-state index contributed by atoms with van der Waals surface area (Å²) in [5.74, 6) is -0.246. The fourth-order valence-electron chi connectivity index (χ4n) is 2.85. The number of amides is 1. The molecule has 0 radical (unpaired) electrons. The number of aromatic amines is 1. The molecule has 0 aliphatic carbocycles. The number of hydrogen-bond donors (Lipinski definition) is 2. The number of carbonyl (C=O) groups excluding carboxylic acids is 1. The van der Waals surface area contributed by atoms with E-state index in [-0.39, 0.29) is 21.7 Å². The van der Waals surface area contributed by atoms with E-state index in [0.717, 1.165) is 34.6 Å². The van der Waals surface area contributed by atoms with Crippen LogP contribution in [0.25, 0.3) is 0 Å². The minimum Gasteiger partial charge on any atom is -0.325 e. The van der Waals surface area contributed by atoms with Crippen LogP contribution in [0.1, 0.15) is 16.7 Å². The summed E-state index contributed by atoms with van der Waals surface area (Å²) < 4.78 is 25.3. The molecule has 7 nitrogen and oxygen atoms in total. The number of H-pyrrole nitrogens is 1. The number of nitrogens with one attached hydrogen (secondary N) is 2. The van der Waals surface area contributed by atoms with Gasteiger partial charge in [-0.15, -0.1) is 0 Å². The quantitative estimate of drug-likeness (QED) is 0.447. The van der Waals surface area contributed by atoms with Crippen LogP contribution < -0.4 is 10.9 Å². The molecule has 1 amide bonds. The molecule has 0 aliphatic rings. The molecular weight excluding hydrogens is 422 g/mol. The molecule has 9 heteroatoms. The van der Waals surface area contributed by atoms with Gasteiger partial charge in [0.25, 0.3) is 5.56 Å². The molecule has 0 bridgehead atoms. The Hall–Kier alpha value is -2.91. The van der Waals surface area contributed by atoms with Crippen molar-refractivity contribution >= 4 is 33.2 Å². The maximum absolute atomic E-state index is 12.7. The molecule has 0 spiro atoms. The van der Waals surface area contributed by atoms with Crippen molar-refractivity contribution in [1.82, 2.24) is 9.97 Å². The minimum atomic E-state index is -3.98. The number of hydrogen-bond acceptors (Lipinski definition) is 6. The average molecular weight is 444 g/mol. The van der Waals surface area contributed by atoms with Gasteiger partial charge >= 0.3 is 0 Å². The molecule has 0 aliphatic heterocycles. The van der Waals surface area contributed by atoms with Crippen molar-refractivity contribution in [1.29, 1.82) is 0 Å². The summed E-state index contributed by atoms with van der Waals surface area (Å²) in [4.78, 5) is 30.6. The lowest BCUT2D eigenvalue weighted by Gasteiger charge is -2.08. The van der Waals surface area contributed by atoms with Gasteiger partial charge in [0.05, 0.1) is 16.8 Å². The number of aryl methyl sites for hydroxylation is 3. The van der Waals surface area contributed by atoms with E-state index in [1.54, 1.807) is 12.1 Å². The Balaban J connectivity index is 1.70. The molecule has 0 saturated heterocycles. The maximum atomic E-state index is 12.7. The first-order valence-electron chi connectivity index (χ1n) is 9.07. The third kappa shape index (κ3) is 5.17. The molecule has 1 heterocycles. The third-order valence-electron chi connectivity index (χ3n) is 4.21. The van der Waals surface area contributed by atoms with Gasteiger partial charge in [-0.25, -0.2) is 13.4 Å². The van der Waals surface area contributed by atoms with Crippen molar-refractivity contribution in [3.05, 3.63) is 75.7 Å². The van der Waals surface area contributed by atoms with Crippen LogP contribution in [0.4, 0.5) is 5.69 Å². The van der Waals surface area contributed by atoms with Crippen LogP contribution in [0.5, 0.6) is 0 Å². The summed E-state index contributed by atoms with van der Waals surface area (Å²) in [5.41, 5.74) is 2.90. The summed E-state index contributed by atoms with van der Waals surface area (Å²) in [6.07, 6.45) is 1.03. The number of nitrogens with zero attached hydrogens (tertiary/aromatic N) is 1. The Bertz CT molecular complexity index is 1230. The lowest BCUT2D eigenvalue weighted by Crippen LogP contribution is -2.20. The predicted octanol–water partition coefficient (Wildman–Crippen LogP) is 3.26. The Labute approximate surface area is 178 Å². The fourth-order valence-corrected chi connectivity index (χ4v) is 4.72. The Morgan fingerprint density at radius 2 is 1.67 bits per heavy atom. The first-order chi connectivity index (χ1) is 14.1. The van der Waals surface area contributed by atoms with Gasteiger partial charge in [0.15, 0.2) is 10.1 Å². The smallest absolute Gasteiger partial charge is 0.270 e. The highest BCUT2D eigenvalue weighted by Gasteiger charge is 2.22. The van der Waals surface area contributed by atoms with Crippen LogP contribution in [-0.4, -0.2) is 30.0 Å². The van der Waals surface area contributed by atoms with Crippen molar-refractivity contribution in [2.24, 2.45) is 0 Å². The number of aromatic nitrogens is 2. The van der Waals surface area contributed by atoms with Gasteiger partial charge in [0, 0.05) is 5.69 Å². The maximum Gasteiger partial charge on any atom is 0.270 e. The zero-order chi connectivity index (χ0) is 21.9. The second-order valence-electron chi connectivity index (χ2n) is 6.91. The van der Waals surface area contributed by atoms with Gasteiger partial charge in [-0.05, 0) is 56.2 Å². The number of carbonyl (C=O) groups is 1. The molecule has 0 atom stereocenters. The van der Waals surface area contributed by atoms with Crippen molar-refractivity contribution in [3.8, 4) is 0 Å². The Kier molecular flexibility index (Phi) is 6.42. The van der Waals surface area contributed by atoms with Crippen molar-refractivity contribution in [3.63, 3.8) is 0 Å². The highest BCUT2D eigenvalue weighted by molar-refractivity contribution is 7.99. The predicted molar refractivity (Wildman–Crippen MR) is 117 cm³/mol. The molecule has 2 aromatic carbocycles. The first kappa shape index (κ1) is 21.8. The Morgan fingerprint density at radius 1 is 1.03 bits per heavy atom. The summed E-state index contributed by atoms with van der Waals surface area (Å²) in [6.45, 7) is 5.73.